The second-order valence-electron chi connectivity index (χ2n) is 6.33. The van der Waals surface area contributed by atoms with Crippen LogP contribution in [0.5, 0.6) is 0 Å². The van der Waals surface area contributed by atoms with Crippen LogP contribution in [0.25, 0.3) is 0 Å². The van der Waals surface area contributed by atoms with Gasteiger partial charge in [0.15, 0.2) is 10.9 Å². The summed E-state index contributed by atoms with van der Waals surface area (Å²) >= 11 is 7.42. The molecule has 0 aliphatic carbocycles. The van der Waals surface area contributed by atoms with E-state index in [1.807, 2.05) is 12.3 Å². The Balaban J connectivity index is 1.38. The smallest absolute Gasteiger partial charge is 0.271 e. The number of hydrogen-bond donors (Lipinski definition) is 1. The van der Waals surface area contributed by atoms with Crippen molar-refractivity contribution in [2.45, 2.75) is 11.6 Å². The van der Waals surface area contributed by atoms with Gasteiger partial charge in [-0.3, -0.25) is 9.69 Å². The molecule has 2 aromatic rings. The number of anilines is 1. The monoisotopic (exact) mass is 405 g/mol. The van der Waals surface area contributed by atoms with Crippen molar-refractivity contribution >= 4 is 35.0 Å². The van der Waals surface area contributed by atoms with Gasteiger partial charge in [0, 0.05) is 38.4 Å². The molecule has 0 atom stereocenters. The van der Waals surface area contributed by atoms with Crippen LogP contribution in [0.3, 0.4) is 0 Å². The number of halogens is 1. The summed E-state index contributed by atoms with van der Waals surface area (Å²) in [5, 5.41) is 3.73. The van der Waals surface area contributed by atoms with Gasteiger partial charge in [-0.25, -0.2) is 9.97 Å². The normalized spacial score (nSPS) is 15.0. The number of amides is 1. The molecule has 0 bridgehead atoms. The van der Waals surface area contributed by atoms with Crippen LogP contribution < -0.4 is 10.2 Å². The van der Waals surface area contributed by atoms with E-state index >= 15 is 0 Å². The number of carbonyl (C=O) groups is 1. The summed E-state index contributed by atoms with van der Waals surface area (Å²) < 4.78 is 0. The minimum atomic E-state index is -0.244. The number of thioether (sulfide) groups is 1. The summed E-state index contributed by atoms with van der Waals surface area (Å²) in [4.78, 5) is 25.4. The Kier molecular flexibility index (Phi) is 7.32. The predicted octanol–water partition coefficient (Wildman–Crippen LogP) is 2.79. The van der Waals surface area contributed by atoms with Crippen LogP contribution in [0.4, 0.5) is 5.69 Å². The largest absolute Gasteiger partial charge is 0.369 e. The van der Waals surface area contributed by atoms with E-state index in [0.29, 0.717) is 11.7 Å². The van der Waals surface area contributed by atoms with Crippen LogP contribution in [0.1, 0.15) is 16.9 Å². The van der Waals surface area contributed by atoms with Crippen LogP contribution in [-0.2, 0) is 0 Å². The molecule has 1 fully saturated rings. The van der Waals surface area contributed by atoms with Crippen LogP contribution >= 0.6 is 23.4 Å². The van der Waals surface area contributed by atoms with E-state index in [2.05, 4.69) is 49.4 Å². The van der Waals surface area contributed by atoms with Gasteiger partial charge in [0.1, 0.15) is 0 Å². The highest BCUT2D eigenvalue weighted by atomic mass is 35.5. The van der Waals surface area contributed by atoms with E-state index in [-0.39, 0.29) is 16.6 Å². The Morgan fingerprint density at radius 2 is 1.96 bits per heavy atom. The third kappa shape index (κ3) is 5.57. The topological polar surface area (TPSA) is 61.4 Å². The van der Waals surface area contributed by atoms with Gasteiger partial charge in [-0.05, 0) is 31.4 Å². The highest BCUT2D eigenvalue weighted by molar-refractivity contribution is 7.98. The molecule has 0 spiro atoms. The highest BCUT2D eigenvalue weighted by Crippen LogP contribution is 2.17. The average molecular weight is 406 g/mol. The molecular formula is C19H24ClN5OS. The van der Waals surface area contributed by atoms with Gasteiger partial charge in [0.05, 0.1) is 11.2 Å². The van der Waals surface area contributed by atoms with Crippen molar-refractivity contribution in [3.63, 3.8) is 0 Å². The number of aromatic nitrogens is 2. The molecule has 1 aliphatic rings. The fraction of sp³-hybridized carbons (Fsp3) is 0.421. The Bertz CT molecular complexity index is 753. The second kappa shape index (κ2) is 9.92. The van der Waals surface area contributed by atoms with E-state index in [1.54, 1.807) is 0 Å². The molecule has 8 heteroatoms. The van der Waals surface area contributed by atoms with Crippen molar-refractivity contribution in [1.29, 1.82) is 0 Å². The van der Waals surface area contributed by atoms with Crippen LogP contribution in [0.15, 0.2) is 41.7 Å². The summed E-state index contributed by atoms with van der Waals surface area (Å²) in [7, 11) is 0. The number of para-hydroxylation sites is 1. The minimum Gasteiger partial charge on any atom is -0.369 e. The van der Waals surface area contributed by atoms with E-state index in [4.69, 9.17) is 11.6 Å². The maximum Gasteiger partial charge on any atom is 0.271 e. The number of nitrogens with one attached hydrogen (secondary N) is 1. The molecule has 2 heterocycles. The first-order valence-corrected chi connectivity index (χ1v) is 10.6. The fourth-order valence-electron chi connectivity index (χ4n) is 3.07. The maximum absolute atomic E-state index is 12.3. The first kappa shape index (κ1) is 19.9. The maximum atomic E-state index is 12.3. The zero-order valence-electron chi connectivity index (χ0n) is 15.4. The summed E-state index contributed by atoms with van der Waals surface area (Å²) in [6.45, 7) is 5.72. The Hall–Kier alpha value is -1.83. The molecule has 0 saturated carbocycles. The second-order valence-corrected chi connectivity index (χ2v) is 7.51. The molecule has 3 rings (SSSR count). The number of piperazine rings is 1. The summed E-state index contributed by atoms with van der Waals surface area (Å²) in [6, 6.07) is 10.5. The van der Waals surface area contributed by atoms with Crippen molar-refractivity contribution < 1.29 is 4.79 Å². The summed E-state index contributed by atoms with van der Waals surface area (Å²) in [6.07, 6.45) is 4.24. The van der Waals surface area contributed by atoms with E-state index < -0.39 is 0 Å². The van der Waals surface area contributed by atoms with Crippen molar-refractivity contribution in [2.75, 3.05) is 50.4 Å². The number of carbonyl (C=O) groups excluding carboxylic acids is 1. The summed E-state index contributed by atoms with van der Waals surface area (Å²) in [5.74, 6) is -0.244. The third-order valence-electron chi connectivity index (χ3n) is 4.55. The lowest BCUT2D eigenvalue weighted by molar-refractivity contribution is 0.0945. The zero-order chi connectivity index (χ0) is 19.1. The van der Waals surface area contributed by atoms with Gasteiger partial charge in [0.2, 0.25) is 0 Å². The molecule has 1 aromatic heterocycles. The van der Waals surface area contributed by atoms with Gasteiger partial charge in [-0.2, -0.15) is 0 Å². The third-order valence-corrected chi connectivity index (χ3v) is 5.39. The van der Waals surface area contributed by atoms with Crippen molar-refractivity contribution in [2.24, 2.45) is 0 Å². The standard InChI is InChI=1S/C19H24ClN5OS/c1-27-19-22-14-16(20)17(23-19)18(26)21-8-5-9-24-10-12-25(13-11-24)15-6-3-2-4-7-15/h2-4,6-7,14H,5,8-13H2,1H3,(H,21,26). The van der Waals surface area contributed by atoms with E-state index in [1.165, 1.54) is 23.6 Å². The van der Waals surface area contributed by atoms with E-state index in [9.17, 15) is 4.79 Å². The van der Waals surface area contributed by atoms with Gasteiger partial charge < -0.3 is 10.2 Å². The van der Waals surface area contributed by atoms with Crippen molar-refractivity contribution in [3.8, 4) is 0 Å². The van der Waals surface area contributed by atoms with Crippen molar-refractivity contribution in [3.05, 3.63) is 47.2 Å². The van der Waals surface area contributed by atoms with Crippen molar-refractivity contribution in [1.82, 2.24) is 20.2 Å². The summed E-state index contributed by atoms with van der Waals surface area (Å²) in [5.41, 5.74) is 1.53. The Morgan fingerprint density at radius 3 is 2.67 bits per heavy atom. The number of benzene rings is 1. The lowest BCUT2D eigenvalue weighted by Gasteiger charge is -2.36. The number of rotatable bonds is 7. The van der Waals surface area contributed by atoms with Crippen LogP contribution in [-0.4, -0.2) is 66.3 Å². The Labute approximate surface area is 169 Å². The predicted molar refractivity (Wildman–Crippen MR) is 111 cm³/mol. The average Bonchev–Trinajstić information content (AvgIpc) is 2.72. The minimum absolute atomic E-state index is 0.243. The molecule has 1 aromatic carbocycles. The van der Waals surface area contributed by atoms with Gasteiger partial charge in [-0.15, -0.1) is 0 Å². The first-order valence-electron chi connectivity index (χ1n) is 9.04. The lowest BCUT2D eigenvalue weighted by Crippen LogP contribution is -2.47. The van der Waals surface area contributed by atoms with Crippen LogP contribution in [0, 0.1) is 0 Å². The van der Waals surface area contributed by atoms with Gasteiger partial charge in [0.25, 0.3) is 5.91 Å². The van der Waals surface area contributed by atoms with Gasteiger partial charge >= 0.3 is 0 Å². The quantitative estimate of drug-likeness (QED) is 0.434. The fourth-order valence-corrected chi connectivity index (χ4v) is 3.58. The molecule has 144 valence electrons. The van der Waals surface area contributed by atoms with Crippen LogP contribution in [0.2, 0.25) is 5.02 Å². The first-order chi connectivity index (χ1) is 13.2. The SMILES string of the molecule is CSc1ncc(Cl)c(C(=O)NCCCN2CCN(c3ccccc3)CC2)n1. The van der Waals surface area contributed by atoms with E-state index in [0.717, 1.165) is 39.1 Å². The van der Waals surface area contributed by atoms with Gasteiger partial charge in [-0.1, -0.05) is 41.6 Å². The zero-order valence-corrected chi connectivity index (χ0v) is 17.0. The molecule has 1 saturated heterocycles. The Morgan fingerprint density at radius 1 is 1.22 bits per heavy atom. The molecule has 1 N–H and O–H groups in total. The molecule has 27 heavy (non-hydrogen) atoms. The molecule has 0 unspecified atom stereocenters. The highest BCUT2D eigenvalue weighted by Gasteiger charge is 2.17. The molecule has 0 radical (unpaired) electrons. The molecule has 1 aliphatic heterocycles. The number of hydrogen-bond acceptors (Lipinski definition) is 6. The number of nitrogens with zero attached hydrogens (tertiary/aromatic N) is 4. The molecular weight excluding hydrogens is 382 g/mol. The molecule has 6 nitrogen and oxygen atoms in total. The lowest BCUT2D eigenvalue weighted by atomic mass is 10.2. The molecule has 1 amide bonds.